The van der Waals surface area contributed by atoms with E-state index >= 15 is 0 Å². The number of hydrogen-bond donors (Lipinski definition) is 1. The molecule has 1 atom stereocenters. The molecule has 0 saturated carbocycles. The van der Waals surface area contributed by atoms with E-state index in [2.05, 4.69) is 5.32 Å². The van der Waals surface area contributed by atoms with Crippen LogP contribution in [0.3, 0.4) is 0 Å². The van der Waals surface area contributed by atoms with Crippen molar-refractivity contribution in [2.45, 2.75) is 32.2 Å². The van der Waals surface area contributed by atoms with Gasteiger partial charge in [0, 0.05) is 12.1 Å². The lowest BCUT2D eigenvalue weighted by molar-refractivity contribution is -0.0457. The Balaban J connectivity index is 1.63. The number of nitrogens with one attached hydrogen (secondary N) is 1. The molecule has 0 unspecified atom stereocenters. The molecule has 0 bridgehead atoms. The Hall–Kier alpha value is -1.85. The zero-order valence-electron chi connectivity index (χ0n) is 12.2. The Morgan fingerprint density at radius 1 is 1.38 bits per heavy atom. The summed E-state index contributed by atoms with van der Waals surface area (Å²) in [4.78, 5) is 11.7. The summed E-state index contributed by atoms with van der Waals surface area (Å²) in [6.07, 6.45) is 4.66. The summed E-state index contributed by atoms with van der Waals surface area (Å²) in [7, 11) is 0. The molecule has 1 aliphatic rings. The number of benzene rings is 1. The number of hydrogen-bond acceptors (Lipinski definition) is 4. The van der Waals surface area contributed by atoms with Gasteiger partial charge in [0.2, 0.25) is 0 Å². The predicted octanol–water partition coefficient (Wildman–Crippen LogP) is 3.33. The molecule has 0 radical (unpaired) electrons. The SMILES string of the molecule is C[C@@H](/C=C\CCC1OCCO1)OC(=O)Nc1ccccc1. The molecule has 1 N–H and O–H groups in total. The summed E-state index contributed by atoms with van der Waals surface area (Å²) >= 11 is 0. The van der Waals surface area contributed by atoms with E-state index in [-0.39, 0.29) is 12.4 Å². The topological polar surface area (TPSA) is 56.8 Å². The fourth-order valence-electron chi connectivity index (χ4n) is 1.97. The van der Waals surface area contributed by atoms with Crippen molar-refractivity contribution < 1.29 is 19.0 Å². The summed E-state index contributed by atoms with van der Waals surface area (Å²) in [5.74, 6) is 0. The average Bonchev–Trinajstić information content (AvgIpc) is 2.98. The Bertz CT molecular complexity index is 455. The van der Waals surface area contributed by atoms with Gasteiger partial charge in [-0.05, 0) is 31.6 Å². The number of allylic oxidation sites excluding steroid dienone is 1. The summed E-state index contributed by atoms with van der Waals surface area (Å²) in [5.41, 5.74) is 0.717. The fraction of sp³-hybridized carbons (Fsp3) is 0.438. The van der Waals surface area contributed by atoms with Crippen molar-refractivity contribution in [1.29, 1.82) is 0 Å². The maximum absolute atomic E-state index is 11.7. The second kappa shape index (κ2) is 8.44. The van der Waals surface area contributed by atoms with Crippen LogP contribution in [0.1, 0.15) is 19.8 Å². The summed E-state index contributed by atoms with van der Waals surface area (Å²) in [6.45, 7) is 3.17. The van der Waals surface area contributed by atoms with E-state index in [1.807, 2.05) is 49.4 Å². The lowest BCUT2D eigenvalue weighted by Crippen LogP contribution is -2.18. The van der Waals surface area contributed by atoms with Gasteiger partial charge in [0.05, 0.1) is 13.2 Å². The van der Waals surface area contributed by atoms with Crippen molar-refractivity contribution in [3.63, 3.8) is 0 Å². The molecule has 0 aliphatic carbocycles. The molecule has 1 aromatic carbocycles. The highest BCUT2D eigenvalue weighted by molar-refractivity contribution is 5.84. The fourth-order valence-corrected chi connectivity index (χ4v) is 1.97. The number of rotatable bonds is 6. The lowest BCUT2D eigenvalue weighted by Gasteiger charge is -2.11. The van der Waals surface area contributed by atoms with Gasteiger partial charge in [-0.2, -0.15) is 0 Å². The van der Waals surface area contributed by atoms with Gasteiger partial charge in [-0.15, -0.1) is 0 Å². The number of carbonyl (C=O) groups excluding carboxylic acids is 1. The van der Waals surface area contributed by atoms with Crippen LogP contribution in [0.15, 0.2) is 42.5 Å². The molecule has 21 heavy (non-hydrogen) atoms. The standard InChI is InChI=1S/C16H21NO4/c1-13(7-5-6-10-15-19-11-12-20-15)21-16(18)17-14-8-3-2-4-9-14/h2-5,7-9,13,15H,6,10-12H2,1H3,(H,17,18)/b7-5-/t13-/m0/s1. The lowest BCUT2D eigenvalue weighted by atomic mass is 10.2. The molecule has 1 saturated heterocycles. The molecule has 0 spiro atoms. The molecule has 1 fully saturated rings. The number of ether oxygens (including phenoxy) is 3. The van der Waals surface area contributed by atoms with Gasteiger partial charge in [0.25, 0.3) is 0 Å². The maximum Gasteiger partial charge on any atom is 0.412 e. The van der Waals surface area contributed by atoms with E-state index < -0.39 is 6.09 Å². The van der Waals surface area contributed by atoms with Crippen molar-refractivity contribution >= 4 is 11.8 Å². The maximum atomic E-state index is 11.7. The Labute approximate surface area is 124 Å². The van der Waals surface area contributed by atoms with Crippen LogP contribution in [0.2, 0.25) is 0 Å². The van der Waals surface area contributed by atoms with Gasteiger partial charge >= 0.3 is 6.09 Å². The molecule has 5 heteroatoms. The highest BCUT2D eigenvalue weighted by Gasteiger charge is 2.14. The minimum Gasteiger partial charge on any atom is -0.442 e. The van der Waals surface area contributed by atoms with Crippen LogP contribution in [0.4, 0.5) is 10.5 Å². The first-order chi connectivity index (χ1) is 10.2. The van der Waals surface area contributed by atoms with Gasteiger partial charge in [-0.3, -0.25) is 5.32 Å². The van der Waals surface area contributed by atoms with E-state index in [4.69, 9.17) is 14.2 Å². The molecular weight excluding hydrogens is 270 g/mol. The van der Waals surface area contributed by atoms with Crippen LogP contribution in [0, 0.1) is 0 Å². The van der Waals surface area contributed by atoms with Crippen LogP contribution in [-0.4, -0.2) is 31.7 Å². The first-order valence-corrected chi connectivity index (χ1v) is 7.16. The number of anilines is 1. The molecule has 1 amide bonds. The third kappa shape index (κ3) is 5.97. The van der Waals surface area contributed by atoms with Crippen molar-refractivity contribution in [2.24, 2.45) is 0 Å². The van der Waals surface area contributed by atoms with Crippen molar-refractivity contribution in [3.05, 3.63) is 42.5 Å². The highest BCUT2D eigenvalue weighted by Crippen LogP contribution is 2.11. The van der Waals surface area contributed by atoms with Crippen molar-refractivity contribution in [1.82, 2.24) is 0 Å². The third-order valence-electron chi connectivity index (χ3n) is 2.98. The normalized spacial score (nSPS) is 17.0. The Morgan fingerprint density at radius 3 is 2.81 bits per heavy atom. The van der Waals surface area contributed by atoms with Gasteiger partial charge in [0.15, 0.2) is 6.29 Å². The molecule has 5 nitrogen and oxygen atoms in total. The van der Waals surface area contributed by atoms with Crippen LogP contribution >= 0.6 is 0 Å². The minimum atomic E-state index is -0.458. The molecule has 2 rings (SSSR count). The number of carbonyl (C=O) groups is 1. The predicted molar refractivity (Wildman–Crippen MR) is 80.1 cm³/mol. The second-order valence-electron chi connectivity index (χ2n) is 4.78. The van der Waals surface area contributed by atoms with Crippen LogP contribution in [0.5, 0.6) is 0 Å². The zero-order valence-corrected chi connectivity index (χ0v) is 12.2. The zero-order chi connectivity index (χ0) is 14.9. The van der Waals surface area contributed by atoms with Gasteiger partial charge in [0.1, 0.15) is 6.10 Å². The molecule has 114 valence electrons. The monoisotopic (exact) mass is 291 g/mol. The van der Waals surface area contributed by atoms with Gasteiger partial charge in [-0.1, -0.05) is 24.3 Å². The molecule has 1 aromatic rings. The summed E-state index contributed by atoms with van der Waals surface area (Å²) in [6, 6.07) is 9.21. The first kappa shape index (κ1) is 15.5. The summed E-state index contributed by atoms with van der Waals surface area (Å²) < 4.78 is 15.9. The van der Waals surface area contributed by atoms with Crippen molar-refractivity contribution in [2.75, 3.05) is 18.5 Å². The average molecular weight is 291 g/mol. The highest BCUT2D eigenvalue weighted by atomic mass is 16.7. The molecule has 0 aromatic heterocycles. The van der Waals surface area contributed by atoms with E-state index in [1.54, 1.807) is 0 Å². The van der Waals surface area contributed by atoms with Gasteiger partial charge < -0.3 is 14.2 Å². The summed E-state index contributed by atoms with van der Waals surface area (Å²) in [5, 5.41) is 2.67. The molecule has 1 aliphatic heterocycles. The number of amides is 1. The first-order valence-electron chi connectivity index (χ1n) is 7.16. The Morgan fingerprint density at radius 2 is 2.10 bits per heavy atom. The van der Waals surface area contributed by atoms with E-state index in [9.17, 15) is 4.79 Å². The van der Waals surface area contributed by atoms with Crippen molar-refractivity contribution in [3.8, 4) is 0 Å². The van der Waals surface area contributed by atoms with E-state index in [0.29, 0.717) is 18.9 Å². The molecular formula is C16H21NO4. The second-order valence-corrected chi connectivity index (χ2v) is 4.78. The smallest absolute Gasteiger partial charge is 0.412 e. The Kier molecular flexibility index (Phi) is 6.24. The minimum absolute atomic E-state index is 0.0905. The largest absolute Gasteiger partial charge is 0.442 e. The molecule has 1 heterocycles. The van der Waals surface area contributed by atoms with E-state index in [0.717, 1.165) is 12.8 Å². The van der Waals surface area contributed by atoms with Crippen LogP contribution < -0.4 is 5.32 Å². The van der Waals surface area contributed by atoms with Gasteiger partial charge in [-0.25, -0.2) is 4.79 Å². The van der Waals surface area contributed by atoms with E-state index in [1.165, 1.54) is 0 Å². The third-order valence-corrected chi connectivity index (χ3v) is 2.98. The van der Waals surface area contributed by atoms with Crippen LogP contribution in [-0.2, 0) is 14.2 Å². The van der Waals surface area contributed by atoms with Crippen LogP contribution in [0.25, 0.3) is 0 Å². The number of para-hydroxylation sites is 1. The quantitative estimate of drug-likeness (QED) is 0.817.